The Balaban J connectivity index is 2.25. The van der Waals surface area contributed by atoms with E-state index in [2.05, 4.69) is 18.8 Å². The molecule has 0 radical (unpaired) electrons. The number of aromatic nitrogens is 1. The third-order valence-corrected chi connectivity index (χ3v) is 3.10. The summed E-state index contributed by atoms with van der Waals surface area (Å²) in [6.07, 6.45) is 1.63. The van der Waals surface area contributed by atoms with Gasteiger partial charge < -0.3 is 4.74 Å². The van der Waals surface area contributed by atoms with Crippen molar-refractivity contribution < 1.29 is 4.74 Å². The minimum absolute atomic E-state index is 0.512. The topological polar surface area (TPSA) is 22.1 Å². The summed E-state index contributed by atoms with van der Waals surface area (Å²) in [7, 11) is 0. The molecule has 0 atom stereocenters. The van der Waals surface area contributed by atoms with Crippen LogP contribution in [-0.4, -0.2) is 4.98 Å². The zero-order valence-electron chi connectivity index (χ0n) is 10.1. The van der Waals surface area contributed by atoms with Crippen LogP contribution in [0.2, 0.25) is 5.15 Å². The number of rotatable bonds is 2. The van der Waals surface area contributed by atoms with Gasteiger partial charge >= 0.3 is 0 Å². The lowest BCUT2D eigenvalue weighted by molar-refractivity contribution is 0.479. The number of hydrogen-bond acceptors (Lipinski definition) is 2. The zero-order chi connectivity index (χ0) is 12.4. The van der Waals surface area contributed by atoms with E-state index in [1.165, 1.54) is 11.1 Å². The highest BCUT2D eigenvalue weighted by Gasteiger charge is 2.02. The Kier molecular flexibility index (Phi) is 3.34. The number of benzene rings is 1. The Morgan fingerprint density at radius 1 is 0.941 bits per heavy atom. The molecule has 1 aromatic heterocycles. The Hall–Kier alpha value is -1.54. The summed E-state index contributed by atoms with van der Waals surface area (Å²) in [6.45, 7) is 6.04. The number of hydrogen-bond donors (Lipinski definition) is 0. The Morgan fingerprint density at radius 3 is 2.29 bits per heavy atom. The van der Waals surface area contributed by atoms with Gasteiger partial charge in [-0.15, -0.1) is 0 Å². The third-order valence-electron chi connectivity index (χ3n) is 2.70. The molecule has 0 amide bonds. The molecule has 2 aromatic rings. The number of pyridine rings is 1. The summed E-state index contributed by atoms with van der Waals surface area (Å²) in [5.41, 5.74) is 3.37. The van der Waals surface area contributed by atoms with Crippen molar-refractivity contribution in [2.45, 2.75) is 20.8 Å². The highest BCUT2D eigenvalue weighted by Crippen LogP contribution is 2.25. The molecule has 0 aliphatic rings. The van der Waals surface area contributed by atoms with Gasteiger partial charge in [-0.25, -0.2) is 4.98 Å². The average molecular weight is 248 g/mol. The van der Waals surface area contributed by atoms with Crippen LogP contribution < -0.4 is 4.74 Å². The van der Waals surface area contributed by atoms with Crippen LogP contribution >= 0.6 is 11.6 Å². The first kappa shape index (κ1) is 11.9. The maximum atomic E-state index is 5.86. The number of nitrogens with zero attached hydrogens (tertiary/aromatic N) is 1. The van der Waals surface area contributed by atoms with Crippen molar-refractivity contribution in [1.29, 1.82) is 0 Å². The monoisotopic (exact) mass is 247 g/mol. The quantitative estimate of drug-likeness (QED) is 0.732. The predicted molar refractivity (Wildman–Crippen MR) is 70.0 cm³/mol. The predicted octanol–water partition coefficient (Wildman–Crippen LogP) is 4.45. The van der Waals surface area contributed by atoms with Gasteiger partial charge in [-0.05, 0) is 55.7 Å². The molecule has 0 spiro atoms. The highest BCUT2D eigenvalue weighted by atomic mass is 35.5. The van der Waals surface area contributed by atoms with Gasteiger partial charge in [0.05, 0.1) is 6.20 Å². The third kappa shape index (κ3) is 2.77. The molecule has 0 saturated carbocycles. The lowest BCUT2D eigenvalue weighted by Crippen LogP contribution is -1.89. The van der Waals surface area contributed by atoms with Crippen molar-refractivity contribution in [2.24, 2.45) is 0 Å². The smallest absolute Gasteiger partial charge is 0.146 e. The normalized spacial score (nSPS) is 10.4. The van der Waals surface area contributed by atoms with Crippen molar-refractivity contribution >= 4 is 11.6 Å². The van der Waals surface area contributed by atoms with Crippen molar-refractivity contribution in [3.05, 3.63) is 52.3 Å². The van der Waals surface area contributed by atoms with Crippen LogP contribution in [0.1, 0.15) is 16.7 Å². The van der Waals surface area contributed by atoms with E-state index in [0.717, 1.165) is 11.3 Å². The van der Waals surface area contributed by atoms with Crippen LogP contribution in [0.5, 0.6) is 11.5 Å². The Labute approximate surface area is 106 Å². The van der Waals surface area contributed by atoms with Crippen LogP contribution in [-0.2, 0) is 0 Å². The molecular formula is C14H14ClNO. The first-order valence-corrected chi connectivity index (χ1v) is 5.81. The minimum Gasteiger partial charge on any atom is -0.456 e. The number of aryl methyl sites for hydroxylation is 3. The van der Waals surface area contributed by atoms with Gasteiger partial charge in [0.25, 0.3) is 0 Å². The van der Waals surface area contributed by atoms with Crippen LogP contribution in [0.15, 0.2) is 30.5 Å². The molecule has 1 heterocycles. The summed E-state index contributed by atoms with van der Waals surface area (Å²) in [5, 5.41) is 0.512. The molecule has 17 heavy (non-hydrogen) atoms. The highest BCUT2D eigenvalue weighted by molar-refractivity contribution is 6.30. The van der Waals surface area contributed by atoms with Gasteiger partial charge in [0, 0.05) is 0 Å². The summed E-state index contributed by atoms with van der Waals surface area (Å²) >= 11 is 5.86. The second-order valence-electron chi connectivity index (χ2n) is 4.13. The molecular weight excluding hydrogens is 234 g/mol. The first-order valence-electron chi connectivity index (χ1n) is 5.43. The molecule has 3 heteroatoms. The van der Waals surface area contributed by atoms with E-state index in [1.807, 2.05) is 31.2 Å². The first-order chi connectivity index (χ1) is 8.06. The molecule has 1 aromatic carbocycles. The molecule has 0 bridgehead atoms. The summed E-state index contributed by atoms with van der Waals surface area (Å²) < 4.78 is 5.73. The molecule has 0 N–H and O–H groups in total. The fourth-order valence-corrected chi connectivity index (χ4v) is 1.60. The second kappa shape index (κ2) is 4.76. The molecule has 0 unspecified atom stereocenters. The molecule has 2 rings (SSSR count). The van der Waals surface area contributed by atoms with Gasteiger partial charge in [0.1, 0.15) is 16.7 Å². The summed E-state index contributed by atoms with van der Waals surface area (Å²) in [4.78, 5) is 4.06. The van der Waals surface area contributed by atoms with Crippen LogP contribution in [0, 0.1) is 20.8 Å². The number of ether oxygens (including phenoxy) is 1. The molecule has 0 fully saturated rings. The Morgan fingerprint density at radius 2 is 1.65 bits per heavy atom. The molecule has 2 nitrogen and oxygen atoms in total. The van der Waals surface area contributed by atoms with Gasteiger partial charge in [-0.2, -0.15) is 0 Å². The van der Waals surface area contributed by atoms with Crippen LogP contribution in [0.25, 0.3) is 0 Å². The fraction of sp³-hybridized carbons (Fsp3) is 0.214. The number of halogens is 1. The van der Waals surface area contributed by atoms with Crippen molar-refractivity contribution in [2.75, 3.05) is 0 Å². The van der Waals surface area contributed by atoms with Gasteiger partial charge in [0.15, 0.2) is 0 Å². The van der Waals surface area contributed by atoms with Gasteiger partial charge in [-0.1, -0.05) is 17.7 Å². The lowest BCUT2D eigenvalue weighted by atomic mass is 10.1. The zero-order valence-corrected chi connectivity index (χ0v) is 10.9. The van der Waals surface area contributed by atoms with Crippen molar-refractivity contribution in [1.82, 2.24) is 4.98 Å². The SMILES string of the molecule is Cc1ccc(Oc2cnc(Cl)c(C)c2)cc1C. The second-order valence-corrected chi connectivity index (χ2v) is 4.48. The molecule has 0 aliphatic carbocycles. The van der Waals surface area contributed by atoms with E-state index in [0.29, 0.717) is 10.9 Å². The van der Waals surface area contributed by atoms with Crippen LogP contribution in [0.3, 0.4) is 0 Å². The van der Waals surface area contributed by atoms with E-state index in [1.54, 1.807) is 6.20 Å². The standard InChI is InChI=1S/C14H14ClNO/c1-9-4-5-12(6-10(9)2)17-13-7-11(3)14(15)16-8-13/h4-8H,1-3H3. The fourth-order valence-electron chi connectivity index (χ4n) is 1.50. The summed E-state index contributed by atoms with van der Waals surface area (Å²) in [5.74, 6) is 1.52. The van der Waals surface area contributed by atoms with Gasteiger partial charge in [-0.3, -0.25) is 0 Å². The summed E-state index contributed by atoms with van der Waals surface area (Å²) in [6, 6.07) is 7.89. The average Bonchev–Trinajstić information content (AvgIpc) is 2.29. The molecule has 88 valence electrons. The van der Waals surface area contributed by atoms with E-state index in [-0.39, 0.29) is 0 Å². The van der Waals surface area contributed by atoms with Crippen LogP contribution in [0.4, 0.5) is 0 Å². The van der Waals surface area contributed by atoms with Gasteiger partial charge in [0.2, 0.25) is 0 Å². The molecule has 0 saturated heterocycles. The maximum Gasteiger partial charge on any atom is 0.146 e. The Bertz CT molecular complexity index is 502. The van der Waals surface area contributed by atoms with E-state index in [4.69, 9.17) is 16.3 Å². The van der Waals surface area contributed by atoms with E-state index >= 15 is 0 Å². The van der Waals surface area contributed by atoms with E-state index in [9.17, 15) is 0 Å². The lowest BCUT2D eigenvalue weighted by Gasteiger charge is -2.08. The minimum atomic E-state index is 0.512. The molecule has 0 aliphatic heterocycles. The largest absolute Gasteiger partial charge is 0.456 e. The van der Waals surface area contributed by atoms with Crippen molar-refractivity contribution in [3.8, 4) is 11.5 Å². The van der Waals surface area contributed by atoms with E-state index < -0.39 is 0 Å². The maximum absolute atomic E-state index is 5.86. The van der Waals surface area contributed by atoms with Crippen molar-refractivity contribution in [3.63, 3.8) is 0 Å².